The van der Waals surface area contributed by atoms with Crippen LogP contribution in [0.15, 0.2) is 72.8 Å². The summed E-state index contributed by atoms with van der Waals surface area (Å²) in [4.78, 5) is 25.5. The van der Waals surface area contributed by atoms with E-state index in [4.69, 9.17) is 5.73 Å². The maximum atomic E-state index is 12.9. The second-order valence-electron chi connectivity index (χ2n) is 7.78. The third kappa shape index (κ3) is 5.01. The molecule has 5 heteroatoms. The molecule has 31 heavy (non-hydrogen) atoms. The fourth-order valence-corrected chi connectivity index (χ4v) is 3.33. The zero-order valence-corrected chi connectivity index (χ0v) is 17.4. The predicted molar refractivity (Wildman–Crippen MR) is 125 cm³/mol. The number of rotatable bonds is 6. The Labute approximate surface area is 182 Å². The molecule has 0 bridgehead atoms. The fraction of sp³-hybridized carbons (Fsp3) is 0.154. The maximum Gasteiger partial charge on any atom is 0.255 e. The monoisotopic (exact) mass is 411 g/mol. The molecule has 156 valence electrons. The van der Waals surface area contributed by atoms with Gasteiger partial charge in [-0.1, -0.05) is 48.5 Å². The van der Waals surface area contributed by atoms with Crippen LogP contribution in [-0.2, 0) is 4.79 Å². The fourth-order valence-electron chi connectivity index (χ4n) is 3.33. The molecule has 0 atom stereocenters. The van der Waals surface area contributed by atoms with E-state index in [9.17, 15) is 9.59 Å². The highest BCUT2D eigenvalue weighted by atomic mass is 16.2. The molecule has 1 aliphatic carbocycles. The molecule has 4 N–H and O–H groups in total. The maximum absolute atomic E-state index is 12.9. The summed E-state index contributed by atoms with van der Waals surface area (Å²) in [5.74, 6) is -0.308. The number of para-hydroxylation sites is 2. The van der Waals surface area contributed by atoms with E-state index in [0.717, 1.165) is 29.5 Å². The summed E-state index contributed by atoms with van der Waals surface area (Å²) >= 11 is 0. The van der Waals surface area contributed by atoms with Gasteiger partial charge in [-0.15, -0.1) is 0 Å². The largest absolute Gasteiger partial charge is 0.397 e. The van der Waals surface area contributed by atoms with Crippen molar-refractivity contribution in [3.63, 3.8) is 0 Å². The third-order valence-corrected chi connectivity index (χ3v) is 5.29. The number of nitrogens with two attached hydrogens (primary N) is 1. The van der Waals surface area contributed by atoms with Gasteiger partial charge in [0.2, 0.25) is 0 Å². The van der Waals surface area contributed by atoms with Crippen LogP contribution in [0.1, 0.15) is 39.9 Å². The Hall–Kier alpha value is -3.86. The van der Waals surface area contributed by atoms with E-state index >= 15 is 0 Å². The molecular weight excluding hydrogens is 386 g/mol. The van der Waals surface area contributed by atoms with Gasteiger partial charge in [0.05, 0.1) is 11.4 Å². The summed E-state index contributed by atoms with van der Waals surface area (Å²) in [6.45, 7) is 2.00. The normalized spacial score (nSPS) is 13.5. The average molecular weight is 412 g/mol. The van der Waals surface area contributed by atoms with Crippen molar-refractivity contribution in [2.24, 2.45) is 0 Å². The Morgan fingerprint density at radius 2 is 1.61 bits per heavy atom. The molecule has 0 spiro atoms. The Morgan fingerprint density at radius 1 is 0.935 bits per heavy atom. The first kappa shape index (κ1) is 20.4. The molecule has 1 aliphatic rings. The molecule has 3 aromatic rings. The number of benzene rings is 3. The molecule has 0 saturated heterocycles. The number of carbonyl (C=O) groups is 2. The second kappa shape index (κ2) is 8.88. The molecule has 2 amide bonds. The second-order valence-corrected chi connectivity index (χ2v) is 7.78. The molecule has 1 fully saturated rings. The Balaban J connectivity index is 1.58. The summed E-state index contributed by atoms with van der Waals surface area (Å²) in [6.07, 6.45) is 3.93. The summed E-state index contributed by atoms with van der Waals surface area (Å²) in [5.41, 5.74) is 10.9. The lowest BCUT2D eigenvalue weighted by molar-refractivity contribution is -0.115. The van der Waals surface area contributed by atoms with Crippen LogP contribution in [0, 0.1) is 6.92 Å². The Kier molecular flexibility index (Phi) is 5.85. The van der Waals surface area contributed by atoms with Crippen molar-refractivity contribution < 1.29 is 9.59 Å². The van der Waals surface area contributed by atoms with Crippen molar-refractivity contribution in [2.45, 2.75) is 25.8 Å². The van der Waals surface area contributed by atoms with E-state index in [-0.39, 0.29) is 17.9 Å². The quantitative estimate of drug-likeness (QED) is 0.314. The van der Waals surface area contributed by atoms with Gasteiger partial charge in [0.1, 0.15) is 0 Å². The van der Waals surface area contributed by atoms with Gasteiger partial charge in [-0.25, -0.2) is 0 Å². The minimum absolute atomic E-state index is 0.0711. The lowest BCUT2D eigenvalue weighted by Gasteiger charge is -2.12. The highest BCUT2D eigenvalue weighted by Crippen LogP contribution is 2.25. The number of amides is 2. The Bertz CT molecular complexity index is 1150. The zero-order valence-electron chi connectivity index (χ0n) is 17.4. The first-order valence-corrected chi connectivity index (χ1v) is 10.4. The first-order valence-electron chi connectivity index (χ1n) is 10.4. The van der Waals surface area contributed by atoms with Crippen molar-refractivity contribution >= 4 is 34.8 Å². The van der Waals surface area contributed by atoms with Crippen LogP contribution in [0.4, 0.5) is 11.4 Å². The summed E-state index contributed by atoms with van der Waals surface area (Å²) in [6, 6.07) is 22.4. The van der Waals surface area contributed by atoms with Crippen molar-refractivity contribution in [1.82, 2.24) is 5.32 Å². The van der Waals surface area contributed by atoms with Crippen molar-refractivity contribution in [2.75, 3.05) is 11.1 Å². The van der Waals surface area contributed by atoms with Crippen LogP contribution in [-0.4, -0.2) is 17.9 Å². The van der Waals surface area contributed by atoms with Gasteiger partial charge in [0, 0.05) is 17.2 Å². The minimum atomic E-state index is -0.237. The van der Waals surface area contributed by atoms with Crippen LogP contribution >= 0.6 is 0 Å². The number of nitrogen functional groups attached to an aromatic ring is 1. The number of aryl methyl sites for hydroxylation is 1. The highest BCUT2D eigenvalue weighted by molar-refractivity contribution is 6.24. The molecular formula is C26H25N3O2. The molecule has 0 radical (unpaired) electrons. The topological polar surface area (TPSA) is 84.2 Å². The molecule has 5 nitrogen and oxygen atoms in total. The van der Waals surface area contributed by atoms with Crippen LogP contribution < -0.4 is 16.4 Å². The van der Waals surface area contributed by atoms with E-state index in [1.54, 1.807) is 24.3 Å². The van der Waals surface area contributed by atoms with E-state index in [1.165, 1.54) is 0 Å². The molecule has 0 aromatic heterocycles. The predicted octanol–water partition coefficient (Wildman–Crippen LogP) is 4.65. The summed E-state index contributed by atoms with van der Waals surface area (Å²) < 4.78 is 0. The van der Waals surface area contributed by atoms with Gasteiger partial charge in [-0.3, -0.25) is 9.59 Å². The van der Waals surface area contributed by atoms with Crippen LogP contribution in [0.25, 0.3) is 11.6 Å². The van der Waals surface area contributed by atoms with Crippen molar-refractivity contribution in [3.8, 4) is 0 Å². The summed E-state index contributed by atoms with van der Waals surface area (Å²) in [5, 5.41) is 5.90. The third-order valence-electron chi connectivity index (χ3n) is 5.29. The first-order chi connectivity index (χ1) is 15.0. The van der Waals surface area contributed by atoms with Gasteiger partial charge in [0.25, 0.3) is 11.8 Å². The molecule has 4 rings (SSSR count). The van der Waals surface area contributed by atoms with E-state index in [0.29, 0.717) is 22.5 Å². The van der Waals surface area contributed by atoms with Crippen molar-refractivity contribution in [3.05, 3.63) is 95.1 Å². The SMILES string of the molecule is Cc1ccccc1/C(=C/c1ccc(C(=O)Nc2ccccc2N)cc1)C(=O)NC1CC1. The molecule has 0 heterocycles. The lowest BCUT2D eigenvalue weighted by Crippen LogP contribution is -2.26. The van der Waals surface area contributed by atoms with Gasteiger partial charge >= 0.3 is 0 Å². The number of anilines is 2. The van der Waals surface area contributed by atoms with Gasteiger partial charge in [0.15, 0.2) is 0 Å². The van der Waals surface area contributed by atoms with Crippen LogP contribution in [0.3, 0.4) is 0 Å². The minimum Gasteiger partial charge on any atom is -0.397 e. The average Bonchev–Trinajstić information content (AvgIpc) is 3.58. The Morgan fingerprint density at radius 3 is 2.29 bits per heavy atom. The lowest BCUT2D eigenvalue weighted by atomic mass is 9.97. The van der Waals surface area contributed by atoms with E-state index < -0.39 is 0 Å². The molecule has 0 aliphatic heterocycles. The van der Waals surface area contributed by atoms with E-state index in [1.807, 2.05) is 61.5 Å². The van der Waals surface area contributed by atoms with Gasteiger partial charge in [-0.05, 0) is 66.8 Å². The standard InChI is InChI=1S/C26H25N3O2/c1-17-6-2-3-7-21(17)22(26(31)28-20-14-15-20)16-18-10-12-19(13-11-18)25(30)29-24-9-5-4-8-23(24)27/h2-13,16,20H,14-15,27H2,1H3,(H,28,31)(H,29,30)/b22-16-. The van der Waals surface area contributed by atoms with Gasteiger partial charge < -0.3 is 16.4 Å². The number of carbonyl (C=O) groups excluding carboxylic acids is 2. The smallest absolute Gasteiger partial charge is 0.255 e. The van der Waals surface area contributed by atoms with Crippen LogP contribution in [0.2, 0.25) is 0 Å². The number of nitrogens with one attached hydrogen (secondary N) is 2. The van der Waals surface area contributed by atoms with Gasteiger partial charge in [-0.2, -0.15) is 0 Å². The summed E-state index contributed by atoms with van der Waals surface area (Å²) in [7, 11) is 0. The van der Waals surface area contributed by atoms with Crippen LogP contribution in [0.5, 0.6) is 0 Å². The number of hydrogen-bond donors (Lipinski definition) is 3. The molecule has 3 aromatic carbocycles. The molecule has 0 unspecified atom stereocenters. The van der Waals surface area contributed by atoms with E-state index in [2.05, 4.69) is 10.6 Å². The van der Waals surface area contributed by atoms with Crippen molar-refractivity contribution in [1.29, 1.82) is 0 Å². The highest BCUT2D eigenvalue weighted by Gasteiger charge is 2.25. The number of hydrogen-bond acceptors (Lipinski definition) is 3. The zero-order chi connectivity index (χ0) is 21.8. The molecule has 1 saturated carbocycles.